The Bertz CT molecular complexity index is 7.61. The van der Waals surface area contributed by atoms with E-state index in [2.05, 4.69) is 0 Å². The summed E-state index contributed by atoms with van der Waals surface area (Å²) in [4.78, 5) is 0. The fourth-order valence-electron chi connectivity index (χ4n) is 0. The summed E-state index contributed by atoms with van der Waals surface area (Å²) in [6.45, 7) is 0. The van der Waals surface area contributed by atoms with E-state index >= 15 is 0 Å². The Morgan fingerprint density at radius 3 is 1.00 bits per heavy atom. The third-order valence-corrected chi connectivity index (χ3v) is 0. The Hall–Kier alpha value is 2.09. The average molecular weight is 468 g/mol. The van der Waals surface area contributed by atoms with Gasteiger partial charge in [0.1, 0.15) is 0 Å². The van der Waals surface area contributed by atoms with Gasteiger partial charge < -0.3 is 5.48 Å². The number of rotatable bonds is 0. The molecule has 0 atom stereocenters. The van der Waals surface area contributed by atoms with Crippen LogP contribution in [0.25, 0.3) is 0 Å². The molecule has 0 heterocycles. The molecule has 0 aromatic carbocycles. The Morgan fingerprint density at radius 2 is 1.00 bits per heavy atom. The molecule has 0 aliphatic heterocycles. The molecule has 0 aliphatic rings. The van der Waals surface area contributed by atoms with Gasteiger partial charge in [-0.2, -0.15) is 0 Å². The molecule has 0 unspecified atom stereocenters. The molecule has 0 aromatic heterocycles. The van der Waals surface area contributed by atoms with E-state index in [0.29, 0.717) is 0 Å². The van der Waals surface area contributed by atoms with E-state index in [0.717, 1.165) is 0 Å². The SMILES string of the molecule is I.I.O.[O]=[Hf]. The summed E-state index contributed by atoms with van der Waals surface area (Å²) >= 11 is 0.0556. The molecule has 0 aromatic rings. The molecule has 2 N–H and O–H groups in total. The topological polar surface area (TPSA) is 48.6 Å². The normalized spacial score (nSPS) is 0.600. The summed E-state index contributed by atoms with van der Waals surface area (Å²) in [6.07, 6.45) is 0. The van der Waals surface area contributed by atoms with Crippen molar-refractivity contribution < 1.29 is 32.7 Å². The monoisotopic (exact) mass is 470 g/mol. The van der Waals surface area contributed by atoms with Gasteiger partial charge >= 0.3 is 27.2 Å². The minimum absolute atomic E-state index is 0. The third kappa shape index (κ3) is 23.3. The first-order valence-corrected chi connectivity index (χ1v) is 1.67. The molecule has 2 nitrogen and oxygen atoms in total. The van der Waals surface area contributed by atoms with E-state index in [1.165, 1.54) is 0 Å². The van der Waals surface area contributed by atoms with E-state index in [4.69, 9.17) is 2.85 Å². The molecule has 0 fully saturated rings. The molecule has 5 heavy (non-hydrogen) atoms. The molecular formula is H4HfI2O2. The molecule has 0 rings (SSSR count). The first kappa shape index (κ1) is 27.5. The van der Waals surface area contributed by atoms with Gasteiger partial charge in [-0.25, -0.2) is 0 Å². The van der Waals surface area contributed by atoms with Gasteiger partial charge in [-0.05, 0) is 0 Å². The van der Waals surface area contributed by atoms with Crippen molar-refractivity contribution >= 4 is 48.0 Å². The van der Waals surface area contributed by atoms with Crippen molar-refractivity contribution in [3.8, 4) is 0 Å². The van der Waals surface area contributed by atoms with Crippen LogP contribution >= 0.6 is 48.0 Å². The summed E-state index contributed by atoms with van der Waals surface area (Å²) in [6, 6.07) is 0. The summed E-state index contributed by atoms with van der Waals surface area (Å²) < 4.78 is 8.39. The van der Waals surface area contributed by atoms with Crippen molar-refractivity contribution in [1.29, 1.82) is 0 Å². The quantitative estimate of drug-likeness (QED) is 0.373. The van der Waals surface area contributed by atoms with E-state index in [9.17, 15) is 0 Å². The predicted molar refractivity (Wildman–Crippen MR) is 35.1 cm³/mol. The Kier molecular flexibility index (Phi) is 199. The summed E-state index contributed by atoms with van der Waals surface area (Å²) in [5, 5.41) is 0. The predicted octanol–water partition coefficient (Wildman–Crippen LogP) is 0.290. The third-order valence-electron chi connectivity index (χ3n) is 0. The summed E-state index contributed by atoms with van der Waals surface area (Å²) in [5.41, 5.74) is 0. The van der Waals surface area contributed by atoms with Gasteiger partial charge in [0.15, 0.2) is 0 Å². The van der Waals surface area contributed by atoms with Crippen LogP contribution in [0.3, 0.4) is 0 Å². The molecule has 34 valence electrons. The van der Waals surface area contributed by atoms with E-state index in [1.54, 1.807) is 0 Å². The number of halogens is 2. The van der Waals surface area contributed by atoms with Crippen molar-refractivity contribution in [1.82, 2.24) is 0 Å². The molecule has 0 spiro atoms. The first-order valence-electron chi connectivity index (χ1n) is 0.204. The maximum atomic E-state index is 8.39. The molecular weight excluding hydrogens is 464 g/mol. The van der Waals surface area contributed by atoms with Crippen LogP contribution in [0, 0.1) is 0 Å². The first-order chi connectivity index (χ1) is 1.00. The van der Waals surface area contributed by atoms with E-state index < -0.39 is 0 Å². The molecule has 0 radical (unpaired) electrons. The van der Waals surface area contributed by atoms with Crippen LogP contribution in [0.5, 0.6) is 0 Å². The second-order valence-corrected chi connectivity index (χ2v) is 0. The maximum absolute atomic E-state index is 8.39. The van der Waals surface area contributed by atoms with Crippen LogP contribution < -0.4 is 0 Å². The summed E-state index contributed by atoms with van der Waals surface area (Å²) in [5.74, 6) is 0. The molecule has 0 aliphatic carbocycles. The van der Waals surface area contributed by atoms with Gasteiger partial charge in [-0.15, -0.1) is 48.0 Å². The van der Waals surface area contributed by atoms with Crippen LogP contribution in [0.1, 0.15) is 0 Å². The minimum atomic E-state index is 0. The van der Waals surface area contributed by atoms with E-state index in [-0.39, 0.29) is 77.8 Å². The molecule has 0 saturated carbocycles. The standard InChI is InChI=1S/Hf.2HI.H2O.O/h;2*1H;1H2;. The molecule has 0 bridgehead atoms. The van der Waals surface area contributed by atoms with Gasteiger partial charge in [0.05, 0.1) is 0 Å². The van der Waals surface area contributed by atoms with Crippen molar-refractivity contribution in [3.05, 3.63) is 0 Å². The molecule has 0 saturated heterocycles. The van der Waals surface area contributed by atoms with Crippen LogP contribution in [-0.2, 0) is 27.2 Å². The van der Waals surface area contributed by atoms with Crippen LogP contribution in [0.2, 0.25) is 0 Å². The van der Waals surface area contributed by atoms with Crippen molar-refractivity contribution in [2.75, 3.05) is 0 Å². The number of hydrogen-bond donors (Lipinski definition) is 0. The molecule has 5 heteroatoms. The second kappa shape index (κ2) is 36.1. The Morgan fingerprint density at radius 1 is 1.00 bits per heavy atom. The zero-order valence-corrected chi connectivity index (χ0v) is 10.5. The van der Waals surface area contributed by atoms with Crippen LogP contribution in [0.15, 0.2) is 0 Å². The van der Waals surface area contributed by atoms with E-state index in [1.807, 2.05) is 0 Å². The summed E-state index contributed by atoms with van der Waals surface area (Å²) in [7, 11) is 0. The van der Waals surface area contributed by atoms with Gasteiger partial charge in [-0.1, -0.05) is 0 Å². The zero-order chi connectivity index (χ0) is 2.00. The van der Waals surface area contributed by atoms with Crippen molar-refractivity contribution in [2.45, 2.75) is 0 Å². The Labute approximate surface area is 79.4 Å². The van der Waals surface area contributed by atoms with Crippen LogP contribution in [0.4, 0.5) is 0 Å². The number of hydrogen-bond acceptors (Lipinski definition) is 1. The molecule has 0 amide bonds. The van der Waals surface area contributed by atoms with Gasteiger partial charge in [0.25, 0.3) is 0 Å². The Balaban J connectivity index is -0.00000000167. The van der Waals surface area contributed by atoms with Gasteiger partial charge in [0.2, 0.25) is 0 Å². The van der Waals surface area contributed by atoms with Crippen LogP contribution in [-0.4, -0.2) is 5.48 Å². The van der Waals surface area contributed by atoms with Gasteiger partial charge in [-0.3, -0.25) is 0 Å². The van der Waals surface area contributed by atoms with Gasteiger partial charge in [0, 0.05) is 0 Å². The zero-order valence-electron chi connectivity index (χ0n) is 2.22. The second-order valence-electron chi connectivity index (χ2n) is 0. The van der Waals surface area contributed by atoms with Crippen molar-refractivity contribution in [2.24, 2.45) is 0 Å². The fraction of sp³-hybridized carbons (Fsp3) is 0. The fourth-order valence-corrected chi connectivity index (χ4v) is 0. The van der Waals surface area contributed by atoms with Crippen molar-refractivity contribution in [3.63, 3.8) is 0 Å². The average Bonchev–Trinajstić information content (AvgIpc) is 1.00.